The first-order chi connectivity index (χ1) is 5.74. The van der Waals surface area contributed by atoms with Crippen molar-refractivity contribution in [1.29, 1.82) is 0 Å². The van der Waals surface area contributed by atoms with Gasteiger partial charge in [0.05, 0.1) is 0 Å². The lowest BCUT2D eigenvalue weighted by molar-refractivity contribution is 0.262. The molecule has 1 fully saturated rings. The summed E-state index contributed by atoms with van der Waals surface area (Å²) in [5.74, 6) is 0.927. The number of nitrogens with zero attached hydrogens (tertiary/aromatic N) is 1. The lowest BCUT2D eigenvalue weighted by Gasteiger charge is -2.20. The van der Waals surface area contributed by atoms with Crippen LogP contribution in [0.15, 0.2) is 0 Å². The summed E-state index contributed by atoms with van der Waals surface area (Å²) in [5.41, 5.74) is 5.49. The molecular weight excluding hydrogens is 148 g/mol. The molecule has 1 saturated heterocycles. The number of likely N-dealkylation sites (tertiary alicyclic amines) is 1. The van der Waals surface area contributed by atoms with E-state index < -0.39 is 0 Å². The topological polar surface area (TPSA) is 29.3 Å². The van der Waals surface area contributed by atoms with Gasteiger partial charge < -0.3 is 10.6 Å². The second-order valence-electron chi connectivity index (χ2n) is 4.17. The van der Waals surface area contributed by atoms with Crippen LogP contribution in [0.25, 0.3) is 0 Å². The zero-order chi connectivity index (χ0) is 8.97. The van der Waals surface area contributed by atoms with E-state index in [4.69, 9.17) is 5.73 Å². The lowest BCUT2D eigenvalue weighted by atomic mass is 10.0. The van der Waals surface area contributed by atoms with E-state index in [2.05, 4.69) is 18.7 Å². The lowest BCUT2D eigenvalue weighted by Crippen LogP contribution is -2.28. The molecule has 12 heavy (non-hydrogen) atoms. The molecule has 0 saturated carbocycles. The van der Waals surface area contributed by atoms with Crippen molar-refractivity contribution in [2.45, 2.75) is 39.2 Å². The zero-order valence-electron chi connectivity index (χ0n) is 8.42. The first kappa shape index (κ1) is 10.0. The number of nitrogens with two attached hydrogens (primary N) is 1. The average Bonchev–Trinajstić information content (AvgIpc) is 2.48. The first-order valence-electron chi connectivity index (χ1n) is 5.18. The summed E-state index contributed by atoms with van der Waals surface area (Å²) in [7, 11) is 0. The summed E-state index contributed by atoms with van der Waals surface area (Å²) < 4.78 is 0. The van der Waals surface area contributed by atoms with E-state index in [1.807, 2.05) is 0 Å². The third-order valence-corrected chi connectivity index (χ3v) is 2.86. The van der Waals surface area contributed by atoms with Crippen molar-refractivity contribution in [3.8, 4) is 0 Å². The molecule has 1 atom stereocenters. The Hall–Kier alpha value is -0.0800. The van der Waals surface area contributed by atoms with Crippen molar-refractivity contribution >= 4 is 0 Å². The normalized spacial score (nSPS) is 25.5. The van der Waals surface area contributed by atoms with Gasteiger partial charge in [-0.3, -0.25) is 0 Å². The maximum atomic E-state index is 5.49. The van der Waals surface area contributed by atoms with Gasteiger partial charge in [-0.25, -0.2) is 0 Å². The highest BCUT2D eigenvalue weighted by atomic mass is 15.2. The average molecular weight is 170 g/mol. The van der Waals surface area contributed by atoms with Gasteiger partial charge in [0.2, 0.25) is 0 Å². The smallest absolute Gasteiger partial charge is 0.00387 e. The van der Waals surface area contributed by atoms with E-state index in [1.165, 1.54) is 32.4 Å². The Morgan fingerprint density at radius 1 is 1.50 bits per heavy atom. The molecule has 0 radical (unpaired) electrons. The summed E-state index contributed by atoms with van der Waals surface area (Å²) in [6, 6.07) is 0.730. The third kappa shape index (κ3) is 2.76. The minimum atomic E-state index is 0.730. The molecule has 2 heteroatoms. The SMILES string of the molecule is CC(C)N1CCC(CCCN)C1. The minimum Gasteiger partial charge on any atom is -0.330 e. The number of hydrogen-bond acceptors (Lipinski definition) is 2. The van der Waals surface area contributed by atoms with E-state index in [0.29, 0.717) is 0 Å². The van der Waals surface area contributed by atoms with Crippen LogP contribution < -0.4 is 5.73 Å². The van der Waals surface area contributed by atoms with E-state index in [9.17, 15) is 0 Å². The Bertz CT molecular complexity index is 123. The molecule has 72 valence electrons. The van der Waals surface area contributed by atoms with Crippen LogP contribution in [0.3, 0.4) is 0 Å². The summed E-state index contributed by atoms with van der Waals surface area (Å²) in [5, 5.41) is 0. The largest absolute Gasteiger partial charge is 0.330 e. The molecule has 0 spiro atoms. The first-order valence-corrected chi connectivity index (χ1v) is 5.18. The molecule has 2 nitrogen and oxygen atoms in total. The Balaban J connectivity index is 2.17. The van der Waals surface area contributed by atoms with Crippen LogP contribution in [0.1, 0.15) is 33.1 Å². The van der Waals surface area contributed by atoms with E-state index in [0.717, 1.165) is 18.5 Å². The summed E-state index contributed by atoms with van der Waals surface area (Å²) in [4.78, 5) is 2.57. The second-order valence-corrected chi connectivity index (χ2v) is 4.17. The van der Waals surface area contributed by atoms with Crippen LogP contribution in [-0.2, 0) is 0 Å². The molecule has 2 N–H and O–H groups in total. The van der Waals surface area contributed by atoms with Gasteiger partial charge in [-0.05, 0) is 52.1 Å². The molecule has 0 aromatic rings. The van der Waals surface area contributed by atoms with Crippen molar-refractivity contribution in [2.75, 3.05) is 19.6 Å². The molecule has 1 rings (SSSR count). The highest BCUT2D eigenvalue weighted by molar-refractivity contribution is 4.77. The Labute approximate surface area is 76.1 Å². The fourth-order valence-electron chi connectivity index (χ4n) is 1.97. The fraction of sp³-hybridized carbons (Fsp3) is 1.00. The predicted molar refractivity (Wildman–Crippen MR) is 53.1 cm³/mol. The van der Waals surface area contributed by atoms with Crippen LogP contribution in [0.5, 0.6) is 0 Å². The Morgan fingerprint density at radius 2 is 2.25 bits per heavy atom. The third-order valence-electron chi connectivity index (χ3n) is 2.86. The quantitative estimate of drug-likeness (QED) is 0.692. The molecule has 0 bridgehead atoms. The predicted octanol–water partition coefficient (Wildman–Crippen LogP) is 1.46. The zero-order valence-corrected chi connectivity index (χ0v) is 8.42. The highest BCUT2D eigenvalue weighted by Crippen LogP contribution is 2.21. The summed E-state index contributed by atoms with van der Waals surface area (Å²) in [6.45, 7) is 8.03. The van der Waals surface area contributed by atoms with Gasteiger partial charge >= 0.3 is 0 Å². The molecule has 0 amide bonds. The van der Waals surface area contributed by atoms with Crippen LogP contribution >= 0.6 is 0 Å². The molecule has 0 aliphatic carbocycles. The van der Waals surface area contributed by atoms with Crippen LogP contribution in [0.2, 0.25) is 0 Å². The highest BCUT2D eigenvalue weighted by Gasteiger charge is 2.23. The minimum absolute atomic E-state index is 0.730. The van der Waals surface area contributed by atoms with E-state index >= 15 is 0 Å². The molecular formula is C10H22N2. The number of hydrogen-bond donors (Lipinski definition) is 1. The van der Waals surface area contributed by atoms with Crippen molar-refractivity contribution in [1.82, 2.24) is 4.90 Å². The fourth-order valence-corrected chi connectivity index (χ4v) is 1.97. The van der Waals surface area contributed by atoms with Gasteiger partial charge in [-0.1, -0.05) is 0 Å². The van der Waals surface area contributed by atoms with Crippen LogP contribution in [0, 0.1) is 5.92 Å². The van der Waals surface area contributed by atoms with Gasteiger partial charge in [0, 0.05) is 12.6 Å². The van der Waals surface area contributed by atoms with Crippen molar-refractivity contribution in [3.05, 3.63) is 0 Å². The molecule has 1 aliphatic rings. The second kappa shape index (κ2) is 4.83. The molecule has 0 aromatic heterocycles. The van der Waals surface area contributed by atoms with Crippen molar-refractivity contribution < 1.29 is 0 Å². The van der Waals surface area contributed by atoms with Gasteiger partial charge in [-0.15, -0.1) is 0 Å². The molecule has 1 heterocycles. The van der Waals surface area contributed by atoms with Crippen molar-refractivity contribution in [2.24, 2.45) is 11.7 Å². The van der Waals surface area contributed by atoms with Gasteiger partial charge in [0.25, 0.3) is 0 Å². The summed E-state index contributed by atoms with van der Waals surface area (Å²) >= 11 is 0. The maximum Gasteiger partial charge on any atom is 0.00387 e. The summed E-state index contributed by atoms with van der Waals surface area (Å²) in [6.07, 6.45) is 3.93. The van der Waals surface area contributed by atoms with E-state index in [-0.39, 0.29) is 0 Å². The molecule has 1 aliphatic heterocycles. The Morgan fingerprint density at radius 3 is 2.75 bits per heavy atom. The molecule has 0 aromatic carbocycles. The number of rotatable bonds is 4. The Kier molecular flexibility index (Phi) is 4.02. The van der Waals surface area contributed by atoms with Crippen LogP contribution in [-0.4, -0.2) is 30.6 Å². The monoisotopic (exact) mass is 170 g/mol. The van der Waals surface area contributed by atoms with Gasteiger partial charge in [0.15, 0.2) is 0 Å². The van der Waals surface area contributed by atoms with Gasteiger partial charge in [-0.2, -0.15) is 0 Å². The molecule has 1 unspecified atom stereocenters. The maximum absolute atomic E-state index is 5.49. The van der Waals surface area contributed by atoms with E-state index in [1.54, 1.807) is 0 Å². The van der Waals surface area contributed by atoms with Crippen LogP contribution in [0.4, 0.5) is 0 Å². The standard InChI is InChI=1S/C10H22N2/c1-9(2)12-7-5-10(8-12)4-3-6-11/h9-10H,3-8,11H2,1-2H3. The van der Waals surface area contributed by atoms with Crippen molar-refractivity contribution in [3.63, 3.8) is 0 Å². The van der Waals surface area contributed by atoms with Gasteiger partial charge in [0.1, 0.15) is 0 Å².